The zero-order valence-corrected chi connectivity index (χ0v) is 13.2. The summed E-state index contributed by atoms with van der Waals surface area (Å²) in [6.07, 6.45) is 0. The minimum Gasteiger partial charge on any atom is -0.324 e. The Hall–Kier alpha value is -2.35. The van der Waals surface area contributed by atoms with E-state index in [-0.39, 0.29) is 40.2 Å². The Balaban J connectivity index is 4.14. The van der Waals surface area contributed by atoms with Gasteiger partial charge in [0.05, 0.1) is 16.4 Å². The second-order valence-electron chi connectivity index (χ2n) is 6.09. The molecule has 0 atom stereocenters. The van der Waals surface area contributed by atoms with Crippen molar-refractivity contribution < 1.29 is 14.6 Å². The molecule has 0 saturated heterocycles. The van der Waals surface area contributed by atoms with Crippen LogP contribution in [0, 0.1) is 34.1 Å². The third kappa shape index (κ3) is 2.82. The molecule has 0 heterocycles. The standard InChI is InChI=1S/C14H19N3O5/c1-7-10(9(18)6-15)8(2)13(17(21)22)11(14(3,4)5)12(7)16(19)20/h6,15H2,1-5H3. The Morgan fingerprint density at radius 1 is 1.05 bits per heavy atom. The van der Waals surface area contributed by atoms with Crippen molar-refractivity contribution in [3.8, 4) is 0 Å². The van der Waals surface area contributed by atoms with Crippen LogP contribution in [0.5, 0.6) is 0 Å². The highest BCUT2D eigenvalue weighted by Crippen LogP contribution is 2.44. The zero-order chi connectivity index (χ0) is 17.4. The van der Waals surface area contributed by atoms with Gasteiger partial charge in [-0.05, 0) is 13.8 Å². The van der Waals surface area contributed by atoms with Crippen LogP contribution < -0.4 is 5.73 Å². The maximum Gasteiger partial charge on any atom is 0.283 e. The van der Waals surface area contributed by atoms with Crippen LogP contribution in [0.1, 0.15) is 47.8 Å². The molecule has 0 aliphatic heterocycles. The number of carbonyl (C=O) groups excluding carboxylic acids is 1. The lowest BCUT2D eigenvalue weighted by Gasteiger charge is -2.22. The number of ketones is 1. The molecule has 0 spiro atoms. The lowest BCUT2D eigenvalue weighted by molar-refractivity contribution is -0.397. The molecule has 1 aromatic carbocycles. The molecule has 0 unspecified atom stereocenters. The van der Waals surface area contributed by atoms with Crippen molar-refractivity contribution in [2.24, 2.45) is 5.73 Å². The van der Waals surface area contributed by atoms with Gasteiger partial charge >= 0.3 is 0 Å². The van der Waals surface area contributed by atoms with E-state index in [9.17, 15) is 25.0 Å². The quantitative estimate of drug-likeness (QED) is 0.517. The predicted molar refractivity (Wildman–Crippen MR) is 81.3 cm³/mol. The van der Waals surface area contributed by atoms with E-state index in [4.69, 9.17) is 5.73 Å². The van der Waals surface area contributed by atoms with Gasteiger partial charge in [0.25, 0.3) is 11.4 Å². The van der Waals surface area contributed by atoms with E-state index in [1.165, 1.54) is 13.8 Å². The number of hydrogen-bond donors (Lipinski definition) is 1. The van der Waals surface area contributed by atoms with E-state index >= 15 is 0 Å². The maximum atomic E-state index is 12.0. The molecule has 0 radical (unpaired) electrons. The van der Waals surface area contributed by atoms with Gasteiger partial charge in [0.2, 0.25) is 0 Å². The van der Waals surface area contributed by atoms with Crippen LogP contribution in [-0.4, -0.2) is 22.2 Å². The van der Waals surface area contributed by atoms with Crippen molar-refractivity contribution in [1.29, 1.82) is 0 Å². The highest BCUT2D eigenvalue weighted by atomic mass is 16.6. The van der Waals surface area contributed by atoms with Crippen LogP contribution in [-0.2, 0) is 5.41 Å². The molecular weight excluding hydrogens is 290 g/mol. The van der Waals surface area contributed by atoms with E-state index in [2.05, 4.69) is 0 Å². The fourth-order valence-electron chi connectivity index (χ4n) is 2.69. The van der Waals surface area contributed by atoms with Crippen molar-refractivity contribution in [3.05, 3.63) is 42.5 Å². The molecule has 0 bridgehead atoms. The summed E-state index contributed by atoms with van der Waals surface area (Å²) in [6.45, 7) is 7.45. The number of nitrogens with zero attached hydrogens (tertiary/aromatic N) is 2. The summed E-state index contributed by atoms with van der Waals surface area (Å²) in [7, 11) is 0. The summed E-state index contributed by atoms with van der Waals surface area (Å²) >= 11 is 0. The third-order valence-corrected chi connectivity index (χ3v) is 3.51. The number of nitro groups is 2. The molecule has 0 saturated carbocycles. The summed E-state index contributed by atoms with van der Waals surface area (Å²) in [5.74, 6) is -0.554. The van der Waals surface area contributed by atoms with Gasteiger partial charge in [0.1, 0.15) is 5.56 Å². The minimum absolute atomic E-state index is 0.0195. The van der Waals surface area contributed by atoms with Gasteiger partial charge in [-0.1, -0.05) is 20.8 Å². The lowest BCUT2D eigenvalue weighted by atomic mass is 9.79. The molecule has 8 heteroatoms. The molecular formula is C14H19N3O5. The number of nitrogens with two attached hydrogens (primary N) is 1. The second kappa shape index (κ2) is 5.80. The molecule has 8 nitrogen and oxygen atoms in total. The van der Waals surface area contributed by atoms with Gasteiger partial charge in [-0.3, -0.25) is 25.0 Å². The monoisotopic (exact) mass is 309 g/mol. The average molecular weight is 309 g/mol. The number of benzene rings is 1. The first-order chi connectivity index (χ1) is 9.95. The normalized spacial score (nSPS) is 11.4. The molecule has 0 aromatic heterocycles. The molecule has 0 aliphatic carbocycles. The minimum atomic E-state index is -0.829. The van der Waals surface area contributed by atoms with Gasteiger partial charge in [-0.15, -0.1) is 0 Å². The molecule has 1 rings (SSSR count). The van der Waals surface area contributed by atoms with Crippen LogP contribution in [0.25, 0.3) is 0 Å². The summed E-state index contributed by atoms with van der Waals surface area (Å²) in [5.41, 5.74) is 3.95. The molecule has 120 valence electrons. The predicted octanol–water partition coefficient (Wildman–Crippen LogP) is 2.56. The fraction of sp³-hybridized carbons (Fsp3) is 0.500. The van der Waals surface area contributed by atoms with Crippen molar-refractivity contribution in [2.75, 3.05) is 6.54 Å². The van der Waals surface area contributed by atoms with Crippen molar-refractivity contribution in [1.82, 2.24) is 0 Å². The Bertz CT molecular complexity index is 633. The summed E-state index contributed by atoms with van der Waals surface area (Å²) in [4.78, 5) is 33.6. The topological polar surface area (TPSA) is 129 Å². The molecule has 0 amide bonds. The molecule has 0 aliphatic rings. The second-order valence-corrected chi connectivity index (χ2v) is 6.09. The Labute approximate surface area is 127 Å². The van der Waals surface area contributed by atoms with Gasteiger partial charge in [-0.25, -0.2) is 0 Å². The smallest absolute Gasteiger partial charge is 0.283 e. The lowest BCUT2D eigenvalue weighted by Crippen LogP contribution is -2.23. The van der Waals surface area contributed by atoms with Crippen molar-refractivity contribution in [2.45, 2.75) is 40.0 Å². The summed E-state index contributed by atoms with van der Waals surface area (Å²) < 4.78 is 0. The largest absolute Gasteiger partial charge is 0.324 e. The Morgan fingerprint density at radius 3 is 1.64 bits per heavy atom. The fourth-order valence-corrected chi connectivity index (χ4v) is 2.69. The number of carbonyl (C=O) groups is 1. The molecule has 1 aromatic rings. The highest BCUT2D eigenvalue weighted by Gasteiger charge is 2.40. The van der Waals surface area contributed by atoms with E-state index < -0.39 is 21.0 Å². The van der Waals surface area contributed by atoms with Gasteiger partial charge in [0.15, 0.2) is 5.78 Å². The van der Waals surface area contributed by atoms with Crippen LogP contribution in [0.3, 0.4) is 0 Å². The van der Waals surface area contributed by atoms with Crippen molar-refractivity contribution in [3.63, 3.8) is 0 Å². The summed E-state index contributed by atoms with van der Waals surface area (Å²) in [6, 6.07) is 0. The van der Waals surface area contributed by atoms with Crippen LogP contribution >= 0.6 is 0 Å². The van der Waals surface area contributed by atoms with Crippen LogP contribution in [0.2, 0.25) is 0 Å². The highest BCUT2D eigenvalue weighted by molar-refractivity contribution is 6.02. The molecule has 2 N–H and O–H groups in total. The first-order valence-electron chi connectivity index (χ1n) is 6.64. The van der Waals surface area contributed by atoms with E-state index in [0.29, 0.717) is 0 Å². The first kappa shape index (κ1) is 17.7. The van der Waals surface area contributed by atoms with E-state index in [1.54, 1.807) is 20.8 Å². The van der Waals surface area contributed by atoms with E-state index in [1.807, 2.05) is 0 Å². The first-order valence-corrected chi connectivity index (χ1v) is 6.64. The number of nitro benzene ring substituents is 2. The van der Waals surface area contributed by atoms with Gasteiger partial charge in [-0.2, -0.15) is 0 Å². The Kier molecular flexibility index (Phi) is 4.67. The van der Waals surface area contributed by atoms with Crippen molar-refractivity contribution >= 4 is 17.2 Å². The van der Waals surface area contributed by atoms with Gasteiger partial charge in [0, 0.05) is 22.1 Å². The molecule has 0 fully saturated rings. The van der Waals surface area contributed by atoms with Crippen LogP contribution in [0.4, 0.5) is 11.4 Å². The third-order valence-electron chi connectivity index (χ3n) is 3.51. The Morgan fingerprint density at radius 2 is 1.41 bits per heavy atom. The average Bonchev–Trinajstić information content (AvgIpc) is 2.35. The zero-order valence-electron chi connectivity index (χ0n) is 13.2. The van der Waals surface area contributed by atoms with E-state index in [0.717, 1.165) is 0 Å². The van der Waals surface area contributed by atoms with Gasteiger partial charge < -0.3 is 5.73 Å². The number of hydrogen-bond acceptors (Lipinski definition) is 6. The number of Topliss-reactive ketones (excluding diaryl/α,β-unsaturated/α-hetero) is 1. The van der Waals surface area contributed by atoms with Crippen LogP contribution in [0.15, 0.2) is 0 Å². The summed E-state index contributed by atoms with van der Waals surface area (Å²) in [5, 5.41) is 23.0. The number of rotatable bonds is 4. The molecule has 22 heavy (non-hydrogen) atoms. The maximum absolute atomic E-state index is 12.0. The SMILES string of the molecule is Cc1c(C(=O)CN)c(C)c([N+](=O)[O-])c(C(C)(C)C)c1[N+](=O)[O-].